The van der Waals surface area contributed by atoms with E-state index in [0.29, 0.717) is 5.11 Å². The van der Waals surface area contributed by atoms with E-state index in [2.05, 4.69) is 46.0 Å². The van der Waals surface area contributed by atoms with Crippen molar-refractivity contribution in [3.63, 3.8) is 0 Å². The van der Waals surface area contributed by atoms with Gasteiger partial charge in [-0.3, -0.25) is 4.79 Å². The maximum Gasteiger partial charge on any atom is 0.243 e. The molecule has 0 bridgehead atoms. The topological polar surface area (TPSA) is 57.6 Å². The molecule has 0 unspecified atom stereocenters. The Morgan fingerprint density at radius 3 is 2.67 bits per heavy atom. The molecule has 1 aromatic rings. The molecule has 4 N–H and O–H groups in total. The summed E-state index contributed by atoms with van der Waals surface area (Å²) >= 11 is 8.51. The standard InChI is InChI=1S/C14H21BrN4OS/c1-10-8-11(15)4-5-12(10)18-13(20)9-17-14(21)16-6-7-19(2)3/h4-5,8H,6-7,9H2,1-3H3,(H,18,20)(H2,16,17,21)/p+1. The molecule has 0 aromatic heterocycles. The smallest absolute Gasteiger partial charge is 0.243 e. The van der Waals surface area contributed by atoms with Gasteiger partial charge in [0.25, 0.3) is 0 Å². The number of aryl methyl sites for hydroxylation is 1. The van der Waals surface area contributed by atoms with E-state index in [0.717, 1.165) is 28.8 Å². The number of nitrogens with one attached hydrogen (secondary N) is 4. The minimum Gasteiger partial charge on any atom is -0.357 e. The predicted molar refractivity (Wildman–Crippen MR) is 93.8 cm³/mol. The first-order valence-electron chi connectivity index (χ1n) is 6.75. The lowest BCUT2D eigenvalue weighted by atomic mass is 10.2. The summed E-state index contributed by atoms with van der Waals surface area (Å²) in [5.41, 5.74) is 1.81. The molecule has 0 aliphatic heterocycles. The molecule has 0 saturated carbocycles. The summed E-state index contributed by atoms with van der Waals surface area (Å²) in [7, 11) is 4.15. The molecule has 1 aromatic carbocycles. The summed E-state index contributed by atoms with van der Waals surface area (Å²) in [6.07, 6.45) is 0. The third-order valence-corrected chi connectivity index (χ3v) is 3.56. The molecule has 1 rings (SSSR count). The van der Waals surface area contributed by atoms with Crippen LogP contribution in [-0.2, 0) is 4.79 Å². The van der Waals surface area contributed by atoms with Gasteiger partial charge in [-0.2, -0.15) is 0 Å². The van der Waals surface area contributed by atoms with Crippen molar-refractivity contribution in [1.29, 1.82) is 0 Å². The SMILES string of the molecule is Cc1cc(Br)ccc1NC(=O)CNC(=S)NCC[NH+](C)C. The number of anilines is 1. The van der Waals surface area contributed by atoms with Gasteiger partial charge in [0, 0.05) is 10.2 Å². The van der Waals surface area contributed by atoms with Crippen molar-refractivity contribution in [3.8, 4) is 0 Å². The molecule has 0 radical (unpaired) electrons. The quantitative estimate of drug-likeness (QED) is 0.542. The molecule has 0 aliphatic carbocycles. The highest BCUT2D eigenvalue weighted by atomic mass is 79.9. The molecule has 0 heterocycles. The number of likely N-dealkylation sites (N-methyl/N-ethyl adjacent to an activating group) is 1. The molecule has 7 heteroatoms. The van der Waals surface area contributed by atoms with Crippen molar-refractivity contribution in [1.82, 2.24) is 10.6 Å². The van der Waals surface area contributed by atoms with Crippen molar-refractivity contribution < 1.29 is 9.69 Å². The Morgan fingerprint density at radius 2 is 2.05 bits per heavy atom. The lowest BCUT2D eigenvalue weighted by Gasteiger charge is -2.13. The lowest BCUT2D eigenvalue weighted by molar-refractivity contribution is -0.856. The molecule has 0 aliphatic rings. The highest BCUT2D eigenvalue weighted by Crippen LogP contribution is 2.19. The highest BCUT2D eigenvalue weighted by molar-refractivity contribution is 9.10. The van der Waals surface area contributed by atoms with Gasteiger partial charge in [0.2, 0.25) is 5.91 Å². The Hall–Kier alpha value is -1.18. The van der Waals surface area contributed by atoms with E-state index in [4.69, 9.17) is 12.2 Å². The van der Waals surface area contributed by atoms with E-state index >= 15 is 0 Å². The zero-order chi connectivity index (χ0) is 15.8. The summed E-state index contributed by atoms with van der Waals surface area (Å²) in [5, 5.41) is 9.31. The van der Waals surface area contributed by atoms with Gasteiger partial charge in [0.15, 0.2) is 5.11 Å². The number of rotatable bonds is 6. The number of carbonyl (C=O) groups is 1. The van der Waals surface area contributed by atoms with Gasteiger partial charge in [0.05, 0.1) is 33.7 Å². The van der Waals surface area contributed by atoms with Crippen LogP contribution in [0.5, 0.6) is 0 Å². The van der Waals surface area contributed by atoms with Crippen LogP contribution in [0.4, 0.5) is 5.69 Å². The van der Waals surface area contributed by atoms with E-state index in [1.807, 2.05) is 25.1 Å². The number of benzene rings is 1. The fraction of sp³-hybridized carbons (Fsp3) is 0.429. The lowest BCUT2D eigenvalue weighted by Crippen LogP contribution is -3.06. The molecular formula is C14H22BrN4OS+. The number of carbonyl (C=O) groups excluding carboxylic acids is 1. The minimum absolute atomic E-state index is 0.122. The molecule has 0 atom stereocenters. The molecule has 1 amide bonds. The maximum absolute atomic E-state index is 11.9. The molecule has 0 fully saturated rings. The molecule has 0 spiro atoms. The van der Waals surface area contributed by atoms with Crippen molar-refractivity contribution in [2.45, 2.75) is 6.92 Å². The van der Waals surface area contributed by atoms with Crippen molar-refractivity contribution in [2.75, 3.05) is 39.0 Å². The zero-order valence-corrected chi connectivity index (χ0v) is 15.0. The van der Waals surface area contributed by atoms with Gasteiger partial charge >= 0.3 is 0 Å². The van der Waals surface area contributed by atoms with Crippen LogP contribution in [0.25, 0.3) is 0 Å². The molecule has 116 valence electrons. The van der Waals surface area contributed by atoms with E-state index in [9.17, 15) is 4.79 Å². The van der Waals surface area contributed by atoms with Crippen LogP contribution >= 0.6 is 28.1 Å². The molecule has 21 heavy (non-hydrogen) atoms. The van der Waals surface area contributed by atoms with Crippen LogP contribution in [0.1, 0.15) is 5.56 Å². The van der Waals surface area contributed by atoms with Gasteiger partial charge in [-0.15, -0.1) is 0 Å². The maximum atomic E-state index is 11.9. The van der Waals surface area contributed by atoms with Crippen LogP contribution in [0.3, 0.4) is 0 Å². The fourth-order valence-electron chi connectivity index (χ4n) is 1.61. The van der Waals surface area contributed by atoms with E-state index in [-0.39, 0.29) is 12.5 Å². The van der Waals surface area contributed by atoms with Crippen molar-refractivity contribution in [3.05, 3.63) is 28.2 Å². The first-order chi connectivity index (χ1) is 9.88. The van der Waals surface area contributed by atoms with Crippen LogP contribution in [0, 0.1) is 6.92 Å². The summed E-state index contributed by atoms with van der Waals surface area (Å²) < 4.78 is 0.990. The fourth-order valence-corrected chi connectivity index (χ4v) is 2.26. The van der Waals surface area contributed by atoms with Gasteiger partial charge in [-0.1, -0.05) is 15.9 Å². The number of halogens is 1. The Morgan fingerprint density at radius 1 is 1.33 bits per heavy atom. The second-order valence-corrected chi connectivity index (χ2v) is 6.40. The summed E-state index contributed by atoms with van der Waals surface area (Å²) in [6.45, 7) is 3.84. The Balaban J connectivity index is 2.32. The Kier molecular flexibility index (Phi) is 7.63. The number of quaternary nitrogens is 1. The van der Waals surface area contributed by atoms with Crippen molar-refractivity contribution >= 4 is 44.9 Å². The average Bonchev–Trinajstić information content (AvgIpc) is 2.39. The summed E-state index contributed by atoms with van der Waals surface area (Å²) in [4.78, 5) is 13.2. The third-order valence-electron chi connectivity index (χ3n) is 2.78. The molecule has 0 saturated heterocycles. The van der Waals surface area contributed by atoms with Gasteiger partial charge in [-0.05, 0) is 42.9 Å². The first-order valence-corrected chi connectivity index (χ1v) is 7.95. The number of hydrogen-bond donors (Lipinski definition) is 4. The molecule has 5 nitrogen and oxygen atoms in total. The van der Waals surface area contributed by atoms with Crippen LogP contribution < -0.4 is 20.9 Å². The Bertz CT molecular complexity index is 508. The van der Waals surface area contributed by atoms with Gasteiger partial charge in [-0.25, -0.2) is 0 Å². The highest BCUT2D eigenvalue weighted by Gasteiger charge is 2.06. The normalized spacial score (nSPS) is 10.3. The largest absolute Gasteiger partial charge is 0.357 e. The average molecular weight is 374 g/mol. The predicted octanol–water partition coefficient (Wildman–Crippen LogP) is 0.305. The molecular weight excluding hydrogens is 352 g/mol. The van der Waals surface area contributed by atoms with Gasteiger partial charge in [0.1, 0.15) is 0 Å². The Labute approximate surface area is 139 Å². The second-order valence-electron chi connectivity index (χ2n) is 5.07. The first kappa shape index (κ1) is 17.9. The van der Waals surface area contributed by atoms with E-state index < -0.39 is 0 Å². The number of thiocarbonyl (C=S) groups is 1. The second kappa shape index (κ2) is 8.96. The zero-order valence-electron chi connectivity index (χ0n) is 12.5. The van der Waals surface area contributed by atoms with Crippen LogP contribution in [0.2, 0.25) is 0 Å². The van der Waals surface area contributed by atoms with Crippen LogP contribution in [0.15, 0.2) is 22.7 Å². The summed E-state index contributed by atoms with van der Waals surface area (Å²) in [6, 6.07) is 5.72. The minimum atomic E-state index is -0.122. The number of hydrogen-bond acceptors (Lipinski definition) is 2. The monoisotopic (exact) mass is 373 g/mol. The van der Waals surface area contributed by atoms with Crippen LogP contribution in [-0.4, -0.2) is 44.7 Å². The van der Waals surface area contributed by atoms with E-state index in [1.54, 1.807) is 0 Å². The van der Waals surface area contributed by atoms with Crippen molar-refractivity contribution in [2.24, 2.45) is 0 Å². The van der Waals surface area contributed by atoms with E-state index in [1.165, 1.54) is 4.90 Å². The van der Waals surface area contributed by atoms with Gasteiger partial charge < -0.3 is 20.9 Å². The third kappa shape index (κ3) is 7.40. The summed E-state index contributed by atoms with van der Waals surface area (Å²) in [5.74, 6) is -0.122. The number of amides is 1.